The van der Waals surface area contributed by atoms with Crippen molar-refractivity contribution < 1.29 is 22.2 Å². The van der Waals surface area contributed by atoms with E-state index in [-0.39, 0.29) is 18.2 Å². The Bertz CT molecular complexity index is 568. The lowest BCUT2D eigenvalue weighted by Crippen LogP contribution is -2.55. The molecule has 0 saturated carbocycles. The molecule has 0 aromatic heterocycles. The molecular formula is C20H48N4O5Si3. The summed E-state index contributed by atoms with van der Waals surface area (Å²) in [5, 5.41) is 5.55. The van der Waals surface area contributed by atoms with Gasteiger partial charge in [-0.1, -0.05) is 19.8 Å². The van der Waals surface area contributed by atoms with Gasteiger partial charge in [-0.2, -0.15) is 0 Å². The third-order valence-corrected chi connectivity index (χ3v) is 16.2. The average molecular weight is 509 g/mol. The topological polar surface area (TPSA) is 138 Å². The van der Waals surface area contributed by atoms with Gasteiger partial charge in [0.1, 0.15) is 0 Å². The van der Waals surface area contributed by atoms with Crippen LogP contribution in [0.4, 0.5) is 0 Å². The number of hydrogen-bond acceptors (Lipinski definition) is 7. The minimum atomic E-state index is -2.49. The number of rotatable bonds is 18. The molecule has 0 aliphatic carbocycles. The van der Waals surface area contributed by atoms with Gasteiger partial charge in [0.25, 0.3) is 0 Å². The van der Waals surface area contributed by atoms with E-state index in [1.165, 1.54) is 0 Å². The van der Waals surface area contributed by atoms with Gasteiger partial charge in [0.15, 0.2) is 8.32 Å². The second-order valence-electron chi connectivity index (χ2n) is 9.55. The van der Waals surface area contributed by atoms with Gasteiger partial charge in [-0.05, 0) is 51.2 Å². The van der Waals surface area contributed by atoms with Crippen LogP contribution in [-0.2, 0) is 22.2 Å². The first kappa shape index (κ1) is 31.4. The van der Waals surface area contributed by atoms with E-state index in [0.717, 1.165) is 24.9 Å². The molecule has 0 fully saturated rings. The van der Waals surface area contributed by atoms with Crippen LogP contribution in [0.2, 0.25) is 44.8 Å². The number of nitrogens with one attached hydrogen (secondary N) is 2. The third kappa shape index (κ3) is 13.8. The molecule has 32 heavy (non-hydrogen) atoms. The van der Waals surface area contributed by atoms with Crippen molar-refractivity contribution in [1.82, 2.24) is 10.6 Å². The fraction of sp³-hybridized carbons (Fsp3) is 0.900. The van der Waals surface area contributed by atoms with Crippen molar-refractivity contribution in [2.45, 2.75) is 77.4 Å². The van der Waals surface area contributed by atoms with Gasteiger partial charge < -0.3 is 34.8 Å². The highest BCUT2D eigenvalue weighted by atomic mass is 28.5. The van der Waals surface area contributed by atoms with Crippen LogP contribution in [0.5, 0.6) is 0 Å². The van der Waals surface area contributed by atoms with Crippen molar-refractivity contribution >= 4 is 37.3 Å². The van der Waals surface area contributed by atoms with Crippen molar-refractivity contribution in [2.24, 2.45) is 17.4 Å². The summed E-state index contributed by atoms with van der Waals surface area (Å²) in [4.78, 5) is 24.8. The molecule has 0 rings (SSSR count). The summed E-state index contributed by atoms with van der Waals surface area (Å²) in [5.74, 6) is -0.739. The molecule has 3 unspecified atom stereocenters. The van der Waals surface area contributed by atoms with Crippen LogP contribution < -0.4 is 22.1 Å². The molecule has 0 bridgehead atoms. The molecule has 6 N–H and O–H groups in total. The van der Waals surface area contributed by atoms with Gasteiger partial charge >= 0.3 is 17.1 Å². The van der Waals surface area contributed by atoms with Crippen molar-refractivity contribution in [3.63, 3.8) is 0 Å². The van der Waals surface area contributed by atoms with Crippen LogP contribution in [-0.4, -0.2) is 70.5 Å². The van der Waals surface area contributed by atoms with Gasteiger partial charge in [0.2, 0.25) is 11.8 Å². The number of amides is 2. The largest absolute Gasteiger partial charge is 0.437 e. The van der Waals surface area contributed by atoms with Crippen LogP contribution in [0.15, 0.2) is 0 Å². The Morgan fingerprint density at radius 2 is 1.50 bits per heavy atom. The molecule has 190 valence electrons. The lowest BCUT2D eigenvalue weighted by atomic mass is 9.98. The maximum atomic E-state index is 12.6. The molecule has 0 heterocycles. The number of carbonyl (C=O) groups excluding carboxylic acids is 2. The van der Waals surface area contributed by atoms with E-state index in [1.807, 2.05) is 0 Å². The molecule has 0 spiro atoms. The van der Waals surface area contributed by atoms with Gasteiger partial charge in [0, 0.05) is 45.6 Å². The van der Waals surface area contributed by atoms with E-state index in [9.17, 15) is 9.59 Å². The fourth-order valence-electron chi connectivity index (χ4n) is 3.72. The second kappa shape index (κ2) is 15.3. The Labute approximate surface area is 198 Å². The van der Waals surface area contributed by atoms with Gasteiger partial charge in [-0.15, -0.1) is 0 Å². The minimum absolute atomic E-state index is 0.129. The molecule has 0 aromatic rings. The highest BCUT2D eigenvalue weighted by Gasteiger charge is 2.44. The first-order valence-electron chi connectivity index (χ1n) is 11.7. The summed E-state index contributed by atoms with van der Waals surface area (Å²) in [7, 11) is -4.92. The Morgan fingerprint density at radius 3 is 2.00 bits per heavy atom. The van der Waals surface area contributed by atoms with Crippen LogP contribution >= 0.6 is 0 Å². The molecule has 2 amide bonds. The maximum Gasteiger partial charge on any atom is 0.325 e. The average Bonchev–Trinajstić information content (AvgIpc) is 2.68. The predicted octanol–water partition coefficient (Wildman–Crippen LogP) is 1.99. The first-order valence-corrected chi connectivity index (χ1v) is 20.2. The summed E-state index contributed by atoms with van der Waals surface area (Å²) in [6.45, 7) is 14.4. The molecule has 0 aliphatic heterocycles. The first-order chi connectivity index (χ1) is 14.8. The monoisotopic (exact) mass is 508 g/mol. The van der Waals surface area contributed by atoms with Crippen LogP contribution in [0.3, 0.4) is 0 Å². The van der Waals surface area contributed by atoms with Gasteiger partial charge in [-0.3, -0.25) is 9.59 Å². The molecule has 0 aromatic carbocycles. The molecule has 0 saturated heterocycles. The van der Waals surface area contributed by atoms with Crippen molar-refractivity contribution in [3.8, 4) is 0 Å². The van der Waals surface area contributed by atoms with E-state index in [0.29, 0.717) is 32.6 Å². The quantitative estimate of drug-likeness (QED) is 0.208. The fourth-order valence-corrected chi connectivity index (χ4v) is 16.6. The highest BCUT2D eigenvalue weighted by Crippen LogP contribution is 2.29. The van der Waals surface area contributed by atoms with E-state index >= 15 is 0 Å². The normalized spacial score (nSPS) is 16.7. The lowest BCUT2D eigenvalue weighted by molar-refractivity contribution is -0.130. The highest BCUT2D eigenvalue weighted by molar-refractivity contribution is 6.86. The molecule has 12 heteroatoms. The van der Waals surface area contributed by atoms with Crippen molar-refractivity contribution in [3.05, 3.63) is 0 Å². The molecule has 0 aliphatic rings. The number of carbonyl (C=O) groups is 2. The van der Waals surface area contributed by atoms with Crippen LogP contribution in [0, 0.1) is 5.92 Å². The number of nitrogens with two attached hydrogens (primary N) is 2. The summed E-state index contributed by atoms with van der Waals surface area (Å²) < 4.78 is 19.1. The summed E-state index contributed by atoms with van der Waals surface area (Å²) >= 11 is 0. The zero-order valence-corrected chi connectivity index (χ0v) is 24.3. The van der Waals surface area contributed by atoms with Crippen molar-refractivity contribution in [2.75, 3.05) is 33.3 Å². The zero-order chi connectivity index (χ0) is 24.8. The predicted molar refractivity (Wildman–Crippen MR) is 137 cm³/mol. The second-order valence-corrected chi connectivity index (χ2v) is 21.4. The van der Waals surface area contributed by atoms with E-state index < -0.39 is 31.4 Å². The Kier molecular flexibility index (Phi) is 15.0. The third-order valence-electron chi connectivity index (χ3n) is 4.99. The Balaban J connectivity index is 5.15. The van der Waals surface area contributed by atoms with E-state index in [4.69, 9.17) is 24.1 Å². The Morgan fingerprint density at radius 1 is 0.906 bits per heavy atom. The smallest absolute Gasteiger partial charge is 0.325 e. The summed E-state index contributed by atoms with van der Waals surface area (Å²) in [6.07, 6.45) is 2.43. The van der Waals surface area contributed by atoms with Crippen LogP contribution in [0.1, 0.15) is 32.6 Å². The molecule has 9 nitrogen and oxygen atoms in total. The lowest BCUT2D eigenvalue weighted by Gasteiger charge is -2.40. The summed E-state index contributed by atoms with van der Waals surface area (Å²) in [6, 6.07) is 1.66. The van der Waals surface area contributed by atoms with E-state index in [1.54, 1.807) is 7.11 Å². The molecular weight excluding hydrogens is 461 g/mol. The minimum Gasteiger partial charge on any atom is -0.437 e. The Hall–Kier alpha value is -0.609. The van der Waals surface area contributed by atoms with Gasteiger partial charge in [-0.25, -0.2) is 0 Å². The van der Waals surface area contributed by atoms with Crippen LogP contribution in [0.25, 0.3) is 0 Å². The number of hydrogen-bond donors (Lipinski definition) is 4. The SMILES string of the molecule is CCC[Si](C)(O[Si](C)(C)C)O[Si](C)(CCCC(CC(=O)NCCN)C(=O)NCCN)OC. The standard InChI is InChI=1S/C20H48N4O5Si3/c1-8-15-32(7,28-30(3,4)5)29-31(6,27-2)16-9-10-18(20(26)24-14-12-22)17-19(25)23-13-11-21/h18H,8-17,21-22H2,1-7H3,(H,23,25)(H,24,26). The van der Waals surface area contributed by atoms with Crippen molar-refractivity contribution in [1.29, 1.82) is 0 Å². The zero-order valence-electron chi connectivity index (χ0n) is 21.3. The maximum absolute atomic E-state index is 12.6. The van der Waals surface area contributed by atoms with E-state index in [2.05, 4.69) is 50.3 Å². The van der Waals surface area contributed by atoms with Gasteiger partial charge in [0.05, 0.1) is 0 Å². The molecule has 3 atom stereocenters. The molecule has 0 radical (unpaired) electrons. The summed E-state index contributed by atoms with van der Waals surface area (Å²) in [5.41, 5.74) is 11.0.